The Morgan fingerprint density at radius 3 is 2.51 bits per heavy atom. The summed E-state index contributed by atoms with van der Waals surface area (Å²) in [6.07, 6.45) is -0.0548. The lowest BCUT2D eigenvalue weighted by Crippen LogP contribution is -2.41. The highest BCUT2D eigenvalue weighted by molar-refractivity contribution is 5.88. The number of oxazole rings is 1. The molecule has 1 amide bonds. The summed E-state index contributed by atoms with van der Waals surface area (Å²) in [7, 11) is 0. The van der Waals surface area contributed by atoms with Crippen LogP contribution < -0.4 is 10.1 Å². The first-order valence-corrected chi connectivity index (χ1v) is 11.2. The molecule has 0 saturated carbocycles. The normalized spacial score (nSPS) is 11.9. The van der Waals surface area contributed by atoms with Gasteiger partial charge in [0.15, 0.2) is 5.58 Å². The molecule has 0 bridgehead atoms. The summed E-state index contributed by atoms with van der Waals surface area (Å²) in [6.45, 7) is 0.271. The fraction of sp³-hybridized carbons (Fsp3) is 0.231. The quantitative estimate of drug-likeness (QED) is 0.273. The van der Waals surface area contributed by atoms with Crippen molar-refractivity contribution in [2.75, 3.05) is 6.61 Å². The molecule has 9 heteroatoms. The van der Waals surface area contributed by atoms with Crippen LogP contribution in [0.2, 0.25) is 0 Å². The van der Waals surface area contributed by atoms with E-state index in [9.17, 15) is 14.4 Å². The molecule has 3 aromatic carbocycles. The molecular formula is C26H24N2O7. The van der Waals surface area contributed by atoms with Gasteiger partial charge in [0.1, 0.15) is 17.3 Å². The molecule has 4 rings (SSSR count). The van der Waals surface area contributed by atoms with Crippen LogP contribution in [0.4, 0.5) is 0 Å². The monoisotopic (exact) mass is 476 g/mol. The van der Waals surface area contributed by atoms with Crippen molar-refractivity contribution >= 4 is 39.7 Å². The summed E-state index contributed by atoms with van der Waals surface area (Å²) in [5.41, 5.74) is 2.41. The number of nitrogens with one attached hydrogen (secondary N) is 1. The van der Waals surface area contributed by atoms with Crippen LogP contribution in [0.5, 0.6) is 5.75 Å². The van der Waals surface area contributed by atoms with Gasteiger partial charge in [0.2, 0.25) is 11.8 Å². The second-order valence-electron chi connectivity index (χ2n) is 8.05. The number of carboxylic acids is 2. The van der Waals surface area contributed by atoms with Crippen molar-refractivity contribution < 1.29 is 33.8 Å². The van der Waals surface area contributed by atoms with Gasteiger partial charge in [-0.3, -0.25) is 9.59 Å². The van der Waals surface area contributed by atoms with Gasteiger partial charge in [-0.05, 0) is 60.0 Å². The number of ether oxygens (including phenoxy) is 1. The summed E-state index contributed by atoms with van der Waals surface area (Å²) in [6, 6.07) is 17.9. The first kappa shape index (κ1) is 23.7. The number of benzene rings is 3. The molecule has 0 aliphatic rings. The van der Waals surface area contributed by atoms with Crippen LogP contribution in [0.1, 0.15) is 25.7 Å². The summed E-state index contributed by atoms with van der Waals surface area (Å²) in [4.78, 5) is 38.3. The molecule has 1 heterocycles. The number of aromatic nitrogens is 1. The maximum atomic E-state index is 12.0. The maximum Gasteiger partial charge on any atom is 0.326 e. The van der Waals surface area contributed by atoms with Crippen LogP contribution in [-0.2, 0) is 14.4 Å². The van der Waals surface area contributed by atoms with Gasteiger partial charge in [-0.15, -0.1) is 0 Å². The van der Waals surface area contributed by atoms with Crippen LogP contribution >= 0.6 is 0 Å². The van der Waals surface area contributed by atoms with Crippen molar-refractivity contribution in [2.24, 2.45) is 0 Å². The van der Waals surface area contributed by atoms with E-state index in [1.54, 1.807) is 0 Å². The lowest BCUT2D eigenvalue weighted by molar-refractivity contribution is -0.143. The Hall–Kier alpha value is -4.40. The number of aliphatic carboxylic acids is 2. The number of nitrogens with zero attached hydrogens (tertiary/aromatic N) is 1. The fourth-order valence-corrected chi connectivity index (χ4v) is 3.66. The number of carbonyl (C=O) groups excluding carboxylic acids is 1. The fourth-order valence-electron chi connectivity index (χ4n) is 3.66. The molecule has 0 fully saturated rings. The second kappa shape index (κ2) is 10.7. The Morgan fingerprint density at radius 1 is 0.971 bits per heavy atom. The van der Waals surface area contributed by atoms with E-state index in [0.717, 1.165) is 27.4 Å². The third-order valence-corrected chi connectivity index (χ3v) is 5.45. The number of rotatable bonds is 11. The van der Waals surface area contributed by atoms with Gasteiger partial charge in [-0.1, -0.05) is 24.3 Å². The minimum absolute atomic E-state index is 0.0678. The lowest BCUT2D eigenvalue weighted by Gasteiger charge is -2.13. The van der Waals surface area contributed by atoms with Crippen molar-refractivity contribution in [3.05, 3.63) is 60.7 Å². The lowest BCUT2D eigenvalue weighted by atomic mass is 10.1. The van der Waals surface area contributed by atoms with Crippen LogP contribution in [0.3, 0.4) is 0 Å². The van der Waals surface area contributed by atoms with Crippen molar-refractivity contribution in [3.63, 3.8) is 0 Å². The Bertz CT molecular complexity index is 1350. The number of hydrogen-bond donors (Lipinski definition) is 3. The van der Waals surface area contributed by atoms with E-state index in [0.29, 0.717) is 18.1 Å². The molecule has 1 atom stereocenters. The van der Waals surface area contributed by atoms with E-state index < -0.39 is 23.9 Å². The number of carboxylic acid groups (broad SMARTS) is 2. The predicted octanol–water partition coefficient (Wildman–Crippen LogP) is 4.24. The molecule has 9 nitrogen and oxygen atoms in total. The molecule has 0 saturated heterocycles. The standard InChI is InChI=1S/C26H24N2O7/c29-23(27-21(26(32)33)11-12-24(30)31)6-3-13-34-19-10-9-16-14-18(8-7-17(16)15-19)25-28-20-4-1-2-5-22(20)35-25/h1-2,4-5,7-10,14-15,21H,3,6,11-13H2,(H,27,29)(H,30,31)(H,32,33). The number of fused-ring (bicyclic) bond motifs is 2. The van der Waals surface area contributed by atoms with Gasteiger partial charge in [0.05, 0.1) is 6.61 Å². The molecule has 0 radical (unpaired) electrons. The molecule has 0 aliphatic carbocycles. The van der Waals surface area contributed by atoms with Gasteiger partial charge in [-0.25, -0.2) is 9.78 Å². The van der Waals surface area contributed by atoms with Gasteiger partial charge in [0, 0.05) is 18.4 Å². The van der Waals surface area contributed by atoms with E-state index in [1.807, 2.05) is 60.7 Å². The summed E-state index contributed by atoms with van der Waals surface area (Å²) in [5, 5.41) is 22.1. The Morgan fingerprint density at radius 2 is 1.74 bits per heavy atom. The third kappa shape index (κ3) is 6.14. The molecule has 1 unspecified atom stereocenters. The molecule has 4 aromatic rings. The molecule has 0 aliphatic heterocycles. The Labute approximate surface area is 200 Å². The predicted molar refractivity (Wildman–Crippen MR) is 128 cm³/mol. The van der Waals surface area contributed by atoms with Crippen molar-refractivity contribution in [1.82, 2.24) is 10.3 Å². The smallest absolute Gasteiger partial charge is 0.326 e. The van der Waals surface area contributed by atoms with E-state index in [2.05, 4.69) is 10.3 Å². The van der Waals surface area contributed by atoms with Gasteiger partial charge in [-0.2, -0.15) is 0 Å². The molecule has 0 spiro atoms. The highest BCUT2D eigenvalue weighted by atomic mass is 16.5. The molecule has 1 aromatic heterocycles. The summed E-state index contributed by atoms with van der Waals surface area (Å²) < 4.78 is 11.6. The average molecular weight is 476 g/mol. The molecule has 180 valence electrons. The Balaban J connectivity index is 1.30. The zero-order valence-corrected chi connectivity index (χ0v) is 18.8. The molecule has 3 N–H and O–H groups in total. The van der Waals surface area contributed by atoms with Crippen molar-refractivity contribution in [2.45, 2.75) is 31.7 Å². The minimum atomic E-state index is -1.26. The zero-order valence-electron chi connectivity index (χ0n) is 18.8. The summed E-state index contributed by atoms with van der Waals surface area (Å²) in [5.74, 6) is -1.63. The van der Waals surface area contributed by atoms with E-state index in [1.165, 1.54) is 0 Å². The van der Waals surface area contributed by atoms with Gasteiger partial charge in [0.25, 0.3) is 0 Å². The van der Waals surface area contributed by atoms with E-state index >= 15 is 0 Å². The topological polar surface area (TPSA) is 139 Å². The molecule has 35 heavy (non-hydrogen) atoms. The van der Waals surface area contributed by atoms with Crippen LogP contribution in [-0.4, -0.2) is 45.7 Å². The number of para-hydroxylation sites is 2. The van der Waals surface area contributed by atoms with E-state index in [-0.39, 0.29) is 25.9 Å². The molecular weight excluding hydrogens is 452 g/mol. The summed E-state index contributed by atoms with van der Waals surface area (Å²) >= 11 is 0. The largest absolute Gasteiger partial charge is 0.494 e. The van der Waals surface area contributed by atoms with Crippen molar-refractivity contribution in [3.8, 4) is 17.2 Å². The van der Waals surface area contributed by atoms with Crippen LogP contribution in [0, 0.1) is 0 Å². The highest BCUT2D eigenvalue weighted by Gasteiger charge is 2.20. The van der Waals surface area contributed by atoms with Crippen LogP contribution in [0.15, 0.2) is 65.1 Å². The average Bonchev–Trinajstić information content (AvgIpc) is 3.28. The van der Waals surface area contributed by atoms with Crippen LogP contribution in [0.25, 0.3) is 33.3 Å². The first-order chi connectivity index (χ1) is 16.9. The SMILES string of the molecule is O=C(O)CCC(NC(=O)CCCOc1ccc2cc(-c3nc4ccccc4o3)ccc2c1)C(=O)O. The Kier molecular flexibility index (Phi) is 7.25. The van der Waals surface area contributed by atoms with Gasteiger partial charge >= 0.3 is 11.9 Å². The highest BCUT2D eigenvalue weighted by Crippen LogP contribution is 2.29. The third-order valence-electron chi connectivity index (χ3n) is 5.45. The minimum Gasteiger partial charge on any atom is -0.494 e. The second-order valence-corrected chi connectivity index (χ2v) is 8.05. The zero-order chi connectivity index (χ0) is 24.8. The maximum absolute atomic E-state index is 12.0. The van der Waals surface area contributed by atoms with Crippen molar-refractivity contribution in [1.29, 1.82) is 0 Å². The first-order valence-electron chi connectivity index (χ1n) is 11.2. The van der Waals surface area contributed by atoms with Gasteiger partial charge < -0.3 is 24.7 Å². The number of hydrogen-bond acceptors (Lipinski definition) is 6. The van der Waals surface area contributed by atoms with E-state index in [4.69, 9.17) is 19.4 Å². The number of amides is 1. The number of carbonyl (C=O) groups is 3.